The first-order valence-corrected chi connectivity index (χ1v) is 6.77. The van der Waals surface area contributed by atoms with Gasteiger partial charge in [0.15, 0.2) is 0 Å². The molecular weight excluding hydrogens is 262 g/mol. The number of thioether (sulfide) groups is 1. The second-order valence-corrected chi connectivity index (χ2v) is 5.33. The second-order valence-electron chi connectivity index (χ2n) is 4.31. The molecule has 2 aromatic rings. The van der Waals surface area contributed by atoms with E-state index >= 15 is 0 Å². The van der Waals surface area contributed by atoms with E-state index in [1.807, 2.05) is 25.1 Å². The Morgan fingerprint density at radius 1 is 1.37 bits per heavy atom. The maximum Gasteiger partial charge on any atom is 0.371 e. The van der Waals surface area contributed by atoms with E-state index in [9.17, 15) is 4.79 Å². The molecule has 0 bridgehead atoms. The van der Waals surface area contributed by atoms with Gasteiger partial charge >= 0.3 is 5.97 Å². The smallest absolute Gasteiger partial charge is 0.371 e. The van der Waals surface area contributed by atoms with Crippen LogP contribution in [-0.2, 0) is 5.75 Å². The minimum Gasteiger partial charge on any atom is -0.475 e. The van der Waals surface area contributed by atoms with Crippen molar-refractivity contribution in [2.75, 3.05) is 5.73 Å². The Morgan fingerprint density at radius 2 is 2.11 bits per heavy atom. The standard InChI is InChI=1S/C14H15NO3S/c1-8-3-4-11(15)6-13(8)19-7-10-5-12(14(16)17)18-9(10)2/h3-6H,7,15H2,1-2H3,(H,16,17). The van der Waals surface area contributed by atoms with Gasteiger partial charge in [-0.1, -0.05) is 6.07 Å². The largest absolute Gasteiger partial charge is 0.475 e. The third kappa shape index (κ3) is 3.12. The molecule has 2 rings (SSSR count). The molecule has 100 valence electrons. The van der Waals surface area contributed by atoms with Crippen LogP contribution in [0.2, 0.25) is 0 Å². The normalized spacial score (nSPS) is 10.6. The van der Waals surface area contributed by atoms with Crippen LogP contribution in [0.4, 0.5) is 5.69 Å². The van der Waals surface area contributed by atoms with Gasteiger partial charge in [0.25, 0.3) is 0 Å². The van der Waals surface area contributed by atoms with Gasteiger partial charge < -0.3 is 15.3 Å². The van der Waals surface area contributed by atoms with Gasteiger partial charge in [-0.2, -0.15) is 0 Å². The summed E-state index contributed by atoms with van der Waals surface area (Å²) in [5.41, 5.74) is 8.53. The average molecular weight is 277 g/mol. The van der Waals surface area contributed by atoms with Crippen LogP contribution >= 0.6 is 11.8 Å². The third-order valence-electron chi connectivity index (χ3n) is 2.83. The van der Waals surface area contributed by atoms with Crippen LogP contribution < -0.4 is 5.73 Å². The lowest BCUT2D eigenvalue weighted by Gasteiger charge is -2.06. The molecule has 5 heteroatoms. The number of benzene rings is 1. The van der Waals surface area contributed by atoms with Gasteiger partial charge in [0.05, 0.1) is 0 Å². The molecular formula is C14H15NO3S. The molecule has 19 heavy (non-hydrogen) atoms. The van der Waals surface area contributed by atoms with Crippen molar-refractivity contribution in [3.05, 3.63) is 46.9 Å². The zero-order valence-corrected chi connectivity index (χ0v) is 11.6. The van der Waals surface area contributed by atoms with Crippen LogP contribution in [0.15, 0.2) is 33.6 Å². The van der Waals surface area contributed by atoms with Gasteiger partial charge in [0.1, 0.15) is 5.76 Å². The number of nitrogen functional groups attached to an aromatic ring is 1. The highest BCUT2D eigenvalue weighted by Crippen LogP contribution is 2.29. The van der Waals surface area contributed by atoms with Crippen molar-refractivity contribution in [3.63, 3.8) is 0 Å². The van der Waals surface area contributed by atoms with E-state index in [2.05, 4.69) is 0 Å². The van der Waals surface area contributed by atoms with Crippen LogP contribution in [0.1, 0.15) is 27.4 Å². The Morgan fingerprint density at radius 3 is 2.74 bits per heavy atom. The van der Waals surface area contributed by atoms with Crippen molar-refractivity contribution in [2.24, 2.45) is 0 Å². The maximum absolute atomic E-state index is 10.8. The number of aromatic carboxylic acids is 1. The molecule has 0 aliphatic carbocycles. The second kappa shape index (κ2) is 5.40. The van der Waals surface area contributed by atoms with Crippen molar-refractivity contribution < 1.29 is 14.3 Å². The van der Waals surface area contributed by atoms with Gasteiger partial charge in [-0.05, 0) is 37.6 Å². The number of hydrogen-bond donors (Lipinski definition) is 2. The van der Waals surface area contributed by atoms with E-state index in [1.54, 1.807) is 24.8 Å². The monoisotopic (exact) mass is 277 g/mol. The quantitative estimate of drug-likeness (QED) is 0.661. The number of anilines is 1. The summed E-state index contributed by atoms with van der Waals surface area (Å²) in [6, 6.07) is 7.34. The summed E-state index contributed by atoms with van der Waals surface area (Å²) in [6.45, 7) is 3.79. The van der Waals surface area contributed by atoms with Crippen LogP contribution in [0, 0.1) is 13.8 Å². The first kappa shape index (κ1) is 13.5. The Hall–Kier alpha value is -1.88. The van der Waals surface area contributed by atoms with E-state index in [1.165, 1.54) is 0 Å². The fraction of sp³-hybridized carbons (Fsp3) is 0.214. The molecule has 1 heterocycles. The lowest BCUT2D eigenvalue weighted by atomic mass is 10.2. The van der Waals surface area contributed by atoms with Gasteiger partial charge in [-0.25, -0.2) is 4.79 Å². The third-order valence-corrected chi connectivity index (χ3v) is 4.03. The summed E-state index contributed by atoms with van der Waals surface area (Å²) in [7, 11) is 0. The van der Waals surface area contributed by atoms with E-state index in [-0.39, 0.29) is 5.76 Å². The first-order valence-electron chi connectivity index (χ1n) is 5.79. The topological polar surface area (TPSA) is 76.5 Å². The highest BCUT2D eigenvalue weighted by molar-refractivity contribution is 7.98. The van der Waals surface area contributed by atoms with Gasteiger partial charge in [0.2, 0.25) is 5.76 Å². The Kier molecular flexibility index (Phi) is 3.85. The molecule has 0 spiro atoms. The van der Waals surface area contributed by atoms with E-state index in [4.69, 9.17) is 15.3 Å². The van der Waals surface area contributed by atoms with Crippen LogP contribution in [0.3, 0.4) is 0 Å². The number of carboxylic acids is 1. The minimum absolute atomic E-state index is 0.0163. The predicted octanol–water partition coefficient (Wildman–Crippen LogP) is 3.47. The molecule has 1 aromatic heterocycles. The van der Waals surface area contributed by atoms with Gasteiger partial charge in [-0.15, -0.1) is 11.8 Å². The molecule has 0 radical (unpaired) electrons. The fourth-order valence-electron chi connectivity index (χ4n) is 1.70. The highest BCUT2D eigenvalue weighted by atomic mass is 32.2. The van der Waals surface area contributed by atoms with Crippen molar-refractivity contribution in [3.8, 4) is 0 Å². The Balaban J connectivity index is 2.14. The molecule has 0 fully saturated rings. The number of aryl methyl sites for hydroxylation is 2. The number of carboxylic acid groups (broad SMARTS) is 1. The van der Waals surface area contributed by atoms with Crippen LogP contribution in [0.5, 0.6) is 0 Å². The van der Waals surface area contributed by atoms with Crippen LogP contribution in [0.25, 0.3) is 0 Å². The van der Waals surface area contributed by atoms with Crippen molar-refractivity contribution >= 4 is 23.4 Å². The lowest BCUT2D eigenvalue weighted by Crippen LogP contribution is -1.91. The number of carbonyl (C=O) groups is 1. The number of hydrogen-bond acceptors (Lipinski definition) is 4. The zero-order valence-electron chi connectivity index (χ0n) is 10.8. The summed E-state index contributed by atoms with van der Waals surface area (Å²) in [4.78, 5) is 11.9. The first-order chi connectivity index (χ1) is 8.97. The Bertz CT molecular complexity index is 619. The highest BCUT2D eigenvalue weighted by Gasteiger charge is 2.13. The molecule has 4 nitrogen and oxygen atoms in total. The zero-order chi connectivity index (χ0) is 14.0. The van der Waals surface area contributed by atoms with Crippen LogP contribution in [-0.4, -0.2) is 11.1 Å². The molecule has 0 aliphatic heterocycles. The summed E-state index contributed by atoms with van der Waals surface area (Å²) in [5, 5.41) is 8.87. The molecule has 0 unspecified atom stereocenters. The molecule has 0 aliphatic rings. The maximum atomic E-state index is 10.8. The summed E-state index contributed by atoms with van der Waals surface area (Å²) in [6.07, 6.45) is 0. The number of nitrogens with two attached hydrogens (primary N) is 1. The summed E-state index contributed by atoms with van der Waals surface area (Å²) in [5.74, 6) is 0.246. The SMILES string of the molecule is Cc1ccc(N)cc1SCc1cc(C(=O)O)oc1C. The molecule has 0 amide bonds. The van der Waals surface area contributed by atoms with Crippen molar-refractivity contribution in [1.82, 2.24) is 0 Å². The molecule has 0 saturated carbocycles. The van der Waals surface area contributed by atoms with Gasteiger partial charge in [-0.3, -0.25) is 0 Å². The van der Waals surface area contributed by atoms with Crippen molar-refractivity contribution in [2.45, 2.75) is 24.5 Å². The van der Waals surface area contributed by atoms with E-state index in [0.717, 1.165) is 21.7 Å². The Labute approximate surface area is 115 Å². The molecule has 1 aromatic carbocycles. The fourth-order valence-corrected chi connectivity index (χ4v) is 2.81. The molecule has 0 atom stereocenters. The number of furan rings is 1. The lowest BCUT2D eigenvalue weighted by molar-refractivity contribution is 0.0661. The minimum atomic E-state index is -1.04. The van der Waals surface area contributed by atoms with Gasteiger partial charge in [0, 0.05) is 21.9 Å². The molecule has 0 saturated heterocycles. The van der Waals surface area contributed by atoms with E-state index in [0.29, 0.717) is 11.5 Å². The number of rotatable bonds is 4. The average Bonchev–Trinajstić information content (AvgIpc) is 2.72. The summed E-state index contributed by atoms with van der Waals surface area (Å²) < 4.78 is 5.18. The van der Waals surface area contributed by atoms with Crippen molar-refractivity contribution in [1.29, 1.82) is 0 Å². The molecule has 3 N–H and O–H groups in total. The van der Waals surface area contributed by atoms with E-state index < -0.39 is 5.97 Å². The predicted molar refractivity (Wildman–Crippen MR) is 75.6 cm³/mol. The summed E-state index contributed by atoms with van der Waals surface area (Å²) >= 11 is 1.62.